The van der Waals surface area contributed by atoms with E-state index in [-0.39, 0.29) is 11.5 Å². The van der Waals surface area contributed by atoms with Crippen molar-refractivity contribution >= 4 is 13.5 Å². The number of carboxylic acid groups (broad SMARTS) is 1. The Morgan fingerprint density at radius 2 is 2.47 bits per heavy atom. The van der Waals surface area contributed by atoms with Crippen LogP contribution in [-0.4, -0.2) is 31.5 Å². The van der Waals surface area contributed by atoms with Gasteiger partial charge in [-0.3, -0.25) is 0 Å². The van der Waals surface area contributed by atoms with Crippen molar-refractivity contribution in [3.63, 3.8) is 0 Å². The Kier molecular flexibility index (Phi) is 2.64. The van der Waals surface area contributed by atoms with E-state index in [2.05, 4.69) is 5.32 Å². The predicted octanol–water partition coefficient (Wildman–Crippen LogP) is 0.484. The van der Waals surface area contributed by atoms with Crippen LogP contribution in [-0.2, 0) is 6.42 Å². The Bertz CT molecular complexity index is 394. The lowest BCUT2D eigenvalue weighted by Gasteiger charge is -2.24. The van der Waals surface area contributed by atoms with Gasteiger partial charge in [-0.05, 0) is 25.1 Å². The van der Waals surface area contributed by atoms with Gasteiger partial charge in [-0.15, -0.1) is 0 Å². The third kappa shape index (κ3) is 1.83. The molecule has 15 heavy (non-hydrogen) atoms. The fourth-order valence-corrected chi connectivity index (χ4v) is 1.66. The number of benzene rings is 1. The monoisotopic (exact) mass is 204 g/mol. The highest BCUT2D eigenvalue weighted by Gasteiger charge is 2.24. The lowest BCUT2D eigenvalue weighted by molar-refractivity contribution is 0.0694. The van der Waals surface area contributed by atoms with E-state index in [1.165, 1.54) is 0 Å². The van der Waals surface area contributed by atoms with E-state index < -0.39 is 5.97 Å². The molecule has 1 atom stereocenters. The van der Waals surface area contributed by atoms with E-state index in [0.717, 1.165) is 12.0 Å². The molecule has 0 fully saturated rings. The molecule has 1 aromatic rings. The van der Waals surface area contributed by atoms with Crippen LogP contribution in [0.25, 0.3) is 0 Å². The molecule has 2 rings (SSSR count). The second kappa shape index (κ2) is 3.94. The van der Waals surface area contributed by atoms with Crippen molar-refractivity contribution in [3.8, 4) is 5.75 Å². The van der Waals surface area contributed by atoms with Crippen LogP contribution in [0, 0.1) is 0 Å². The van der Waals surface area contributed by atoms with Crippen LogP contribution in [0.4, 0.5) is 0 Å². The molecule has 1 aromatic carbocycles. The fourth-order valence-electron chi connectivity index (χ4n) is 1.66. The molecule has 0 saturated carbocycles. The normalized spacial score (nSPS) is 18.6. The summed E-state index contributed by atoms with van der Waals surface area (Å²) < 4.78 is 5.35. The van der Waals surface area contributed by atoms with Gasteiger partial charge in [0.2, 0.25) is 0 Å². The van der Waals surface area contributed by atoms with Gasteiger partial charge in [0, 0.05) is 5.94 Å². The number of nitrogens with one attached hydrogen (secondary N) is 1. The van der Waals surface area contributed by atoms with E-state index in [1.807, 2.05) is 13.1 Å². The van der Waals surface area contributed by atoms with Crippen LogP contribution in [0.2, 0.25) is 0 Å². The fraction of sp³-hybridized carbons (Fsp3) is 0.300. The van der Waals surface area contributed by atoms with Gasteiger partial charge in [0.05, 0.1) is 5.56 Å². The number of para-hydroxylation sites is 1. The lowest BCUT2D eigenvalue weighted by Crippen LogP contribution is -2.40. The zero-order chi connectivity index (χ0) is 10.8. The van der Waals surface area contributed by atoms with Gasteiger partial charge in [0.15, 0.2) is 0 Å². The first-order valence-corrected chi connectivity index (χ1v) is 4.75. The Hall–Kier alpha value is -1.49. The molecule has 1 aliphatic rings. The lowest BCUT2D eigenvalue weighted by atomic mass is 9.79. The molecule has 0 aromatic heterocycles. The van der Waals surface area contributed by atoms with Crippen LogP contribution in [0.1, 0.15) is 15.9 Å². The van der Waals surface area contributed by atoms with E-state index in [4.69, 9.17) is 9.76 Å². The summed E-state index contributed by atoms with van der Waals surface area (Å²) in [5.74, 6) is -0.346. The zero-order valence-corrected chi connectivity index (χ0v) is 8.36. The predicted molar refractivity (Wildman–Crippen MR) is 56.3 cm³/mol. The average Bonchev–Trinajstić information content (AvgIpc) is 2.27. The molecular formula is C10H11BNO3. The van der Waals surface area contributed by atoms with E-state index >= 15 is 0 Å². The minimum atomic E-state index is -0.955. The number of carboxylic acids is 1. The summed E-state index contributed by atoms with van der Waals surface area (Å²) in [5, 5.41) is 12.0. The van der Waals surface area contributed by atoms with E-state index in [1.54, 1.807) is 19.6 Å². The highest BCUT2D eigenvalue weighted by molar-refractivity contribution is 6.31. The van der Waals surface area contributed by atoms with Crippen LogP contribution in [0.3, 0.4) is 0 Å². The standard InChI is InChI=1S/C10H11BNO3/c1-12-8-5-6-3-2-4-7(10(13)14)9(6)15-11-8/h2-4,8,12H,5H2,1H3,(H,13,14). The quantitative estimate of drug-likeness (QED) is 0.688. The summed E-state index contributed by atoms with van der Waals surface area (Å²) in [4.78, 5) is 10.9. The van der Waals surface area contributed by atoms with Crippen molar-refractivity contribution in [2.45, 2.75) is 12.4 Å². The van der Waals surface area contributed by atoms with Crippen LogP contribution in [0.15, 0.2) is 18.2 Å². The molecule has 0 spiro atoms. The first-order valence-electron chi connectivity index (χ1n) is 4.75. The van der Waals surface area contributed by atoms with Crippen molar-refractivity contribution in [3.05, 3.63) is 29.3 Å². The minimum Gasteiger partial charge on any atom is -0.561 e. The number of rotatable bonds is 2. The first kappa shape index (κ1) is 10.0. The molecule has 2 N–H and O–H groups in total. The Balaban J connectivity index is 2.37. The van der Waals surface area contributed by atoms with Gasteiger partial charge in [-0.2, -0.15) is 0 Å². The molecule has 4 nitrogen and oxygen atoms in total. The number of carbonyl (C=O) groups is 1. The minimum absolute atomic E-state index is 0.140. The zero-order valence-electron chi connectivity index (χ0n) is 8.36. The van der Waals surface area contributed by atoms with Gasteiger partial charge in [-0.25, -0.2) is 4.79 Å². The number of hydrogen-bond acceptors (Lipinski definition) is 3. The van der Waals surface area contributed by atoms with E-state index in [0.29, 0.717) is 5.75 Å². The van der Waals surface area contributed by atoms with Gasteiger partial charge >= 0.3 is 13.5 Å². The summed E-state index contributed by atoms with van der Waals surface area (Å²) in [6.45, 7) is 0. The maximum atomic E-state index is 10.9. The third-order valence-corrected chi connectivity index (χ3v) is 2.49. The summed E-state index contributed by atoms with van der Waals surface area (Å²) in [7, 11) is 3.48. The van der Waals surface area contributed by atoms with Crippen molar-refractivity contribution in [2.75, 3.05) is 7.05 Å². The molecule has 77 valence electrons. The molecular weight excluding hydrogens is 193 g/mol. The largest absolute Gasteiger partial charge is 0.561 e. The highest BCUT2D eigenvalue weighted by atomic mass is 16.4. The van der Waals surface area contributed by atoms with Gasteiger partial charge in [0.25, 0.3) is 0 Å². The topological polar surface area (TPSA) is 58.6 Å². The molecule has 5 heteroatoms. The third-order valence-electron chi connectivity index (χ3n) is 2.49. The van der Waals surface area contributed by atoms with E-state index in [9.17, 15) is 4.79 Å². The van der Waals surface area contributed by atoms with Crippen molar-refractivity contribution in [1.29, 1.82) is 0 Å². The number of aromatic carboxylic acids is 1. The molecule has 1 radical (unpaired) electrons. The maximum absolute atomic E-state index is 10.9. The second-order valence-electron chi connectivity index (χ2n) is 3.45. The van der Waals surface area contributed by atoms with Crippen molar-refractivity contribution in [1.82, 2.24) is 5.32 Å². The van der Waals surface area contributed by atoms with Crippen LogP contribution < -0.4 is 9.97 Å². The smallest absolute Gasteiger partial charge is 0.388 e. The summed E-state index contributed by atoms with van der Waals surface area (Å²) in [6.07, 6.45) is 0.757. The van der Waals surface area contributed by atoms with Crippen LogP contribution >= 0.6 is 0 Å². The average molecular weight is 204 g/mol. The Morgan fingerprint density at radius 3 is 3.13 bits per heavy atom. The Morgan fingerprint density at radius 1 is 1.67 bits per heavy atom. The summed E-state index contributed by atoms with van der Waals surface area (Å²) in [5.41, 5.74) is 1.15. The van der Waals surface area contributed by atoms with Gasteiger partial charge < -0.3 is 15.1 Å². The molecule has 1 unspecified atom stereocenters. The summed E-state index contributed by atoms with van der Waals surface area (Å²) in [6, 6.07) is 5.18. The molecule has 1 heterocycles. The molecule has 1 aliphatic heterocycles. The SMILES string of the molecule is CNC1[B]Oc2c(cccc2C(=O)O)C1. The molecule has 0 aliphatic carbocycles. The van der Waals surface area contributed by atoms with Gasteiger partial charge in [-0.1, -0.05) is 12.1 Å². The highest BCUT2D eigenvalue weighted by Crippen LogP contribution is 2.28. The number of hydrogen-bond donors (Lipinski definition) is 2. The summed E-state index contributed by atoms with van der Waals surface area (Å²) >= 11 is 0. The molecule has 0 amide bonds. The van der Waals surface area contributed by atoms with Crippen molar-refractivity contribution < 1.29 is 14.6 Å². The number of fused-ring (bicyclic) bond motifs is 1. The second-order valence-corrected chi connectivity index (χ2v) is 3.45. The maximum Gasteiger partial charge on any atom is 0.388 e. The molecule has 0 bridgehead atoms. The molecule has 0 saturated heterocycles. The number of likely N-dealkylation sites (N-methyl/N-ethyl adjacent to an activating group) is 1. The van der Waals surface area contributed by atoms with Crippen molar-refractivity contribution in [2.24, 2.45) is 0 Å². The van der Waals surface area contributed by atoms with Gasteiger partial charge in [0.1, 0.15) is 5.75 Å². The Labute approximate surface area is 88.5 Å². The first-order chi connectivity index (χ1) is 7.22. The van der Waals surface area contributed by atoms with Crippen LogP contribution in [0.5, 0.6) is 5.75 Å².